The van der Waals surface area contributed by atoms with Crippen molar-refractivity contribution in [2.24, 2.45) is 11.8 Å². The molecule has 5 heteroatoms. The third kappa shape index (κ3) is 3.37. The van der Waals surface area contributed by atoms with Crippen molar-refractivity contribution in [1.82, 2.24) is 10.3 Å². The molecule has 5 nitrogen and oxygen atoms in total. The third-order valence-electron chi connectivity index (χ3n) is 5.22. The molecular formula is C20H24N4O. The average molecular weight is 336 g/mol. The molecule has 0 unspecified atom stereocenters. The fourth-order valence-electron chi connectivity index (χ4n) is 4.04. The van der Waals surface area contributed by atoms with Gasteiger partial charge in [0.1, 0.15) is 0 Å². The standard InChI is InChI=1S/C20H24N4O/c1-13-3-14(2)5-18(4-13)23-20(25)15-6-19(10-22-7-15)24-11-16-8-21-9-17(16)12-24/h3-7,10,16-17,21H,8-9,11-12H2,1-2H3,(H,23,25)/t16-,17+. The number of fused-ring (bicyclic) bond motifs is 1. The van der Waals surface area contributed by atoms with E-state index in [9.17, 15) is 4.79 Å². The Morgan fingerprint density at radius 2 is 1.76 bits per heavy atom. The van der Waals surface area contributed by atoms with Crippen molar-refractivity contribution in [1.29, 1.82) is 0 Å². The van der Waals surface area contributed by atoms with E-state index in [4.69, 9.17) is 0 Å². The summed E-state index contributed by atoms with van der Waals surface area (Å²) in [6.45, 7) is 8.35. The monoisotopic (exact) mass is 336 g/mol. The van der Waals surface area contributed by atoms with Gasteiger partial charge in [0.2, 0.25) is 0 Å². The molecule has 2 aromatic rings. The van der Waals surface area contributed by atoms with E-state index in [1.54, 1.807) is 6.20 Å². The first-order chi connectivity index (χ1) is 12.1. The molecule has 2 atom stereocenters. The Bertz CT molecular complexity index is 772. The summed E-state index contributed by atoms with van der Waals surface area (Å²) in [6.07, 6.45) is 3.50. The van der Waals surface area contributed by atoms with Crippen molar-refractivity contribution < 1.29 is 4.79 Å². The summed E-state index contributed by atoms with van der Waals surface area (Å²) in [5.41, 5.74) is 4.75. The maximum atomic E-state index is 12.6. The smallest absolute Gasteiger partial charge is 0.257 e. The molecule has 0 aliphatic carbocycles. The summed E-state index contributed by atoms with van der Waals surface area (Å²) in [5, 5.41) is 6.45. The topological polar surface area (TPSA) is 57.3 Å². The number of rotatable bonds is 3. The van der Waals surface area contributed by atoms with Crippen molar-refractivity contribution in [3.05, 3.63) is 53.3 Å². The Morgan fingerprint density at radius 3 is 2.44 bits per heavy atom. The summed E-state index contributed by atoms with van der Waals surface area (Å²) in [4.78, 5) is 19.3. The number of pyridine rings is 1. The Kier molecular flexibility index (Phi) is 4.17. The Hall–Kier alpha value is -2.40. The number of carbonyl (C=O) groups excluding carboxylic acids is 1. The molecule has 0 bridgehead atoms. The molecular weight excluding hydrogens is 312 g/mol. The minimum atomic E-state index is -0.111. The fourth-order valence-corrected chi connectivity index (χ4v) is 4.04. The zero-order valence-corrected chi connectivity index (χ0v) is 14.7. The Balaban J connectivity index is 1.50. The molecule has 2 aliphatic heterocycles. The van der Waals surface area contributed by atoms with Gasteiger partial charge in [-0.15, -0.1) is 0 Å². The van der Waals surface area contributed by atoms with Crippen LogP contribution in [0.5, 0.6) is 0 Å². The summed E-state index contributed by atoms with van der Waals surface area (Å²) in [7, 11) is 0. The van der Waals surface area contributed by atoms with Crippen LogP contribution in [-0.2, 0) is 0 Å². The van der Waals surface area contributed by atoms with Crippen LogP contribution in [0.15, 0.2) is 36.7 Å². The number of nitrogens with one attached hydrogen (secondary N) is 2. The molecule has 3 heterocycles. The number of hydrogen-bond donors (Lipinski definition) is 2. The normalized spacial score (nSPS) is 22.1. The fraction of sp³-hybridized carbons (Fsp3) is 0.400. The molecule has 0 radical (unpaired) electrons. The molecule has 2 N–H and O–H groups in total. The lowest BCUT2D eigenvalue weighted by molar-refractivity contribution is 0.102. The van der Waals surface area contributed by atoms with Crippen LogP contribution >= 0.6 is 0 Å². The molecule has 1 aromatic heterocycles. The zero-order valence-electron chi connectivity index (χ0n) is 14.7. The maximum Gasteiger partial charge on any atom is 0.257 e. The van der Waals surface area contributed by atoms with Gasteiger partial charge in [-0.05, 0) is 55.0 Å². The van der Waals surface area contributed by atoms with E-state index in [1.807, 2.05) is 38.2 Å². The van der Waals surface area contributed by atoms with Crippen LogP contribution in [-0.4, -0.2) is 37.1 Å². The summed E-state index contributed by atoms with van der Waals surface area (Å²) < 4.78 is 0. The van der Waals surface area contributed by atoms with Crippen LogP contribution in [0.4, 0.5) is 11.4 Å². The van der Waals surface area contributed by atoms with Gasteiger partial charge >= 0.3 is 0 Å². The van der Waals surface area contributed by atoms with Gasteiger partial charge in [-0.3, -0.25) is 9.78 Å². The average Bonchev–Trinajstić information content (AvgIpc) is 3.15. The highest BCUT2D eigenvalue weighted by atomic mass is 16.1. The minimum Gasteiger partial charge on any atom is -0.370 e. The van der Waals surface area contributed by atoms with E-state index in [0.29, 0.717) is 17.4 Å². The van der Waals surface area contributed by atoms with Crippen LogP contribution in [0.3, 0.4) is 0 Å². The lowest BCUT2D eigenvalue weighted by Gasteiger charge is -2.20. The van der Waals surface area contributed by atoms with Gasteiger partial charge in [-0.2, -0.15) is 0 Å². The molecule has 4 rings (SSSR count). The van der Waals surface area contributed by atoms with Gasteiger partial charge in [0.05, 0.1) is 17.4 Å². The Morgan fingerprint density at radius 1 is 1.08 bits per heavy atom. The first-order valence-electron chi connectivity index (χ1n) is 8.89. The van der Waals surface area contributed by atoms with Gasteiger partial charge in [0, 0.05) is 38.1 Å². The predicted octanol–water partition coefficient (Wildman–Crippen LogP) is 2.61. The molecule has 2 aliphatic rings. The van der Waals surface area contributed by atoms with Gasteiger partial charge in [0.25, 0.3) is 5.91 Å². The van der Waals surface area contributed by atoms with Crippen molar-refractivity contribution in [3.63, 3.8) is 0 Å². The van der Waals surface area contributed by atoms with Crippen LogP contribution in [0.25, 0.3) is 0 Å². The minimum absolute atomic E-state index is 0.111. The van der Waals surface area contributed by atoms with Crippen LogP contribution in [0.1, 0.15) is 21.5 Å². The number of nitrogens with zero attached hydrogens (tertiary/aromatic N) is 2. The number of hydrogen-bond acceptors (Lipinski definition) is 4. The van der Waals surface area contributed by atoms with E-state index < -0.39 is 0 Å². The quantitative estimate of drug-likeness (QED) is 0.905. The molecule has 2 saturated heterocycles. The first-order valence-corrected chi connectivity index (χ1v) is 8.89. The number of benzene rings is 1. The maximum absolute atomic E-state index is 12.6. The van der Waals surface area contributed by atoms with Crippen molar-refractivity contribution in [2.75, 3.05) is 36.4 Å². The lowest BCUT2D eigenvalue weighted by Crippen LogP contribution is -2.26. The summed E-state index contributed by atoms with van der Waals surface area (Å²) >= 11 is 0. The van der Waals surface area contributed by atoms with Crippen molar-refractivity contribution >= 4 is 17.3 Å². The highest BCUT2D eigenvalue weighted by Gasteiger charge is 2.36. The van der Waals surface area contributed by atoms with Crippen molar-refractivity contribution in [3.8, 4) is 0 Å². The van der Waals surface area contributed by atoms with Crippen LogP contribution < -0.4 is 15.5 Å². The first kappa shape index (κ1) is 16.1. The lowest BCUT2D eigenvalue weighted by atomic mass is 10.0. The zero-order chi connectivity index (χ0) is 17.4. The van der Waals surface area contributed by atoms with E-state index in [2.05, 4.69) is 26.6 Å². The molecule has 1 amide bonds. The number of amides is 1. The van der Waals surface area contributed by atoms with Crippen molar-refractivity contribution in [2.45, 2.75) is 13.8 Å². The van der Waals surface area contributed by atoms with Gasteiger partial charge < -0.3 is 15.5 Å². The molecule has 2 fully saturated rings. The van der Waals surface area contributed by atoms with E-state index in [-0.39, 0.29) is 5.91 Å². The summed E-state index contributed by atoms with van der Waals surface area (Å²) in [5.74, 6) is 1.32. The number of aromatic nitrogens is 1. The molecule has 0 saturated carbocycles. The molecule has 1 aromatic carbocycles. The highest BCUT2D eigenvalue weighted by molar-refractivity contribution is 6.04. The number of anilines is 2. The summed E-state index contributed by atoms with van der Waals surface area (Å²) in [6, 6.07) is 8.02. The van der Waals surface area contributed by atoms with Gasteiger partial charge in [0.15, 0.2) is 0 Å². The van der Waals surface area contributed by atoms with E-state index >= 15 is 0 Å². The van der Waals surface area contributed by atoms with E-state index in [1.165, 1.54) is 0 Å². The molecule has 130 valence electrons. The molecule has 25 heavy (non-hydrogen) atoms. The van der Waals surface area contributed by atoms with Crippen LogP contribution in [0, 0.1) is 25.7 Å². The van der Waals surface area contributed by atoms with E-state index in [0.717, 1.165) is 48.7 Å². The molecule has 0 spiro atoms. The number of carbonyl (C=O) groups is 1. The Labute approximate surface area is 148 Å². The highest BCUT2D eigenvalue weighted by Crippen LogP contribution is 2.30. The SMILES string of the molecule is Cc1cc(C)cc(NC(=O)c2cncc(N3C[C@H]4CNC[C@H]4C3)c2)c1. The third-order valence-corrected chi connectivity index (χ3v) is 5.22. The van der Waals surface area contributed by atoms with Gasteiger partial charge in [-0.25, -0.2) is 0 Å². The second-order valence-electron chi connectivity index (χ2n) is 7.35. The second-order valence-corrected chi connectivity index (χ2v) is 7.35. The predicted molar refractivity (Wildman–Crippen MR) is 100 cm³/mol. The van der Waals surface area contributed by atoms with Crippen LogP contribution in [0.2, 0.25) is 0 Å². The van der Waals surface area contributed by atoms with Gasteiger partial charge in [-0.1, -0.05) is 6.07 Å². The number of aryl methyl sites for hydroxylation is 2. The second kappa shape index (κ2) is 6.48. The largest absolute Gasteiger partial charge is 0.370 e.